The van der Waals surface area contributed by atoms with Crippen LogP contribution in [0.25, 0.3) is 5.65 Å². The summed E-state index contributed by atoms with van der Waals surface area (Å²) < 4.78 is 2.08. The minimum absolute atomic E-state index is 0.880. The average molecular weight is 271 g/mol. The van der Waals surface area contributed by atoms with Crippen LogP contribution in [0.5, 0.6) is 0 Å². The number of pyridine rings is 1. The number of rotatable bonds is 5. The monoisotopic (exact) mass is 271 g/mol. The van der Waals surface area contributed by atoms with Gasteiger partial charge in [-0.05, 0) is 36.9 Å². The molecule has 0 radical (unpaired) electrons. The topological polar surface area (TPSA) is 29.3 Å². The summed E-state index contributed by atoms with van der Waals surface area (Å²) in [5, 5.41) is 3.55. The summed E-state index contributed by atoms with van der Waals surface area (Å²) in [7, 11) is 0. The molecule has 1 aliphatic rings. The van der Waals surface area contributed by atoms with Crippen molar-refractivity contribution in [3.05, 3.63) is 36.3 Å². The molecule has 20 heavy (non-hydrogen) atoms. The lowest BCUT2D eigenvalue weighted by Crippen LogP contribution is -2.20. The molecule has 3 nitrogen and oxygen atoms in total. The molecule has 0 bridgehead atoms. The zero-order valence-electron chi connectivity index (χ0n) is 12.4. The fraction of sp³-hybridized carbons (Fsp3) is 0.588. The first-order chi connectivity index (χ1) is 9.81. The van der Waals surface area contributed by atoms with Gasteiger partial charge in [0.25, 0.3) is 0 Å². The zero-order chi connectivity index (χ0) is 13.8. The molecule has 0 aliphatic heterocycles. The molecule has 0 unspecified atom stereocenters. The number of hydrogen-bond acceptors (Lipinski definition) is 2. The Labute approximate surface area is 121 Å². The summed E-state index contributed by atoms with van der Waals surface area (Å²) in [5.74, 6) is 1.90. The third kappa shape index (κ3) is 3.40. The molecule has 1 saturated carbocycles. The summed E-state index contributed by atoms with van der Waals surface area (Å²) >= 11 is 0. The van der Waals surface area contributed by atoms with Crippen LogP contribution in [-0.2, 0) is 6.54 Å². The molecule has 3 rings (SSSR count). The lowest BCUT2D eigenvalue weighted by Gasteiger charge is -2.26. The Bertz CT molecular complexity index is 505. The van der Waals surface area contributed by atoms with Crippen molar-refractivity contribution < 1.29 is 0 Å². The number of nitrogens with zero attached hydrogens (tertiary/aromatic N) is 2. The highest BCUT2D eigenvalue weighted by Gasteiger charge is 2.17. The van der Waals surface area contributed by atoms with E-state index in [9.17, 15) is 0 Å². The Morgan fingerprint density at radius 2 is 2.10 bits per heavy atom. The van der Waals surface area contributed by atoms with Crippen LogP contribution in [-0.4, -0.2) is 15.9 Å². The highest BCUT2D eigenvalue weighted by Crippen LogP contribution is 2.29. The second kappa shape index (κ2) is 6.40. The predicted molar refractivity (Wildman–Crippen MR) is 82.6 cm³/mol. The number of nitrogens with one attached hydrogen (secondary N) is 1. The second-order valence-corrected chi connectivity index (χ2v) is 6.29. The van der Waals surface area contributed by atoms with Gasteiger partial charge < -0.3 is 9.72 Å². The predicted octanol–water partition coefficient (Wildman–Crippen LogP) is 3.64. The molecule has 0 aromatic carbocycles. The largest absolute Gasteiger partial charge is 0.311 e. The molecule has 3 heteroatoms. The molecule has 0 atom stereocenters. The van der Waals surface area contributed by atoms with Crippen molar-refractivity contribution in [2.24, 2.45) is 11.8 Å². The maximum atomic E-state index is 4.61. The Kier molecular flexibility index (Phi) is 4.36. The second-order valence-electron chi connectivity index (χ2n) is 6.29. The van der Waals surface area contributed by atoms with Crippen LogP contribution < -0.4 is 5.32 Å². The molecule has 0 spiro atoms. The van der Waals surface area contributed by atoms with Crippen molar-refractivity contribution in [2.45, 2.75) is 45.6 Å². The van der Waals surface area contributed by atoms with Crippen molar-refractivity contribution in [2.75, 3.05) is 6.54 Å². The van der Waals surface area contributed by atoms with E-state index in [4.69, 9.17) is 0 Å². The SMILES string of the molecule is CC1CCC(CCNCc2cn3ccccc3n2)CC1. The van der Waals surface area contributed by atoms with Crippen molar-refractivity contribution in [3.8, 4) is 0 Å². The number of hydrogen-bond donors (Lipinski definition) is 1. The van der Waals surface area contributed by atoms with E-state index >= 15 is 0 Å². The van der Waals surface area contributed by atoms with Gasteiger partial charge in [0, 0.05) is 18.9 Å². The quantitative estimate of drug-likeness (QED) is 0.841. The summed E-state index contributed by atoms with van der Waals surface area (Å²) in [6.45, 7) is 4.38. The van der Waals surface area contributed by atoms with E-state index in [1.54, 1.807) is 0 Å². The molecule has 2 aromatic rings. The first-order valence-corrected chi connectivity index (χ1v) is 7.94. The Balaban J connectivity index is 1.41. The van der Waals surface area contributed by atoms with E-state index in [2.05, 4.69) is 34.0 Å². The molecule has 2 aromatic heterocycles. The van der Waals surface area contributed by atoms with Crippen LogP contribution in [0, 0.1) is 11.8 Å². The smallest absolute Gasteiger partial charge is 0.137 e. The Morgan fingerprint density at radius 3 is 2.90 bits per heavy atom. The standard InChI is InChI=1S/C17H25N3/c1-14-5-7-15(8-6-14)9-10-18-12-16-13-20-11-3-2-4-17(20)19-16/h2-4,11,13-15,18H,5-10,12H2,1H3. The van der Waals surface area contributed by atoms with E-state index < -0.39 is 0 Å². The van der Waals surface area contributed by atoms with E-state index in [1.807, 2.05) is 18.2 Å². The molecule has 0 saturated heterocycles. The number of imidazole rings is 1. The van der Waals surface area contributed by atoms with Crippen LogP contribution in [0.1, 0.15) is 44.7 Å². The third-order valence-corrected chi connectivity index (χ3v) is 4.58. The van der Waals surface area contributed by atoms with Crippen LogP contribution >= 0.6 is 0 Å². The zero-order valence-corrected chi connectivity index (χ0v) is 12.4. The van der Waals surface area contributed by atoms with Gasteiger partial charge in [0.1, 0.15) is 5.65 Å². The van der Waals surface area contributed by atoms with Gasteiger partial charge in [-0.3, -0.25) is 0 Å². The molecule has 108 valence electrons. The van der Waals surface area contributed by atoms with Crippen LogP contribution in [0.2, 0.25) is 0 Å². The van der Waals surface area contributed by atoms with E-state index in [0.29, 0.717) is 0 Å². The van der Waals surface area contributed by atoms with Gasteiger partial charge in [-0.2, -0.15) is 0 Å². The summed E-state index contributed by atoms with van der Waals surface area (Å²) in [5.41, 5.74) is 2.17. The van der Waals surface area contributed by atoms with Gasteiger partial charge in [-0.15, -0.1) is 0 Å². The molecule has 0 amide bonds. The van der Waals surface area contributed by atoms with Crippen molar-refractivity contribution in [1.29, 1.82) is 0 Å². The van der Waals surface area contributed by atoms with Crippen molar-refractivity contribution >= 4 is 5.65 Å². The molecule has 1 fully saturated rings. The molecule has 1 N–H and O–H groups in total. The van der Waals surface area contributed by atoms with Crippen LogP contribution in [0.15, 0.2) is 30.6 Å². The maximum Gasteiger partial charge on any atom is 0.137 e. The average Bonchev–Trinajstić information content (AvgIpc) is 2.88. The van der Waals surface area contributed by atoms with E-state index in [1.165, 1.54) is 32.1 Å². The van der Waals surface area contributed by atoms with E-state index in [-0.39, 0.29) is 0 Å². The fourth-order valence-electron chi connectivity index (χ4n) is 3.21. The van der Waals surface area contributed by atoms with Gasteiger partial charge in [0.2, 0.25) is 0 Å². The van der Waals surface area contributed by atoms with Gasteiger partial charge in [-0.1, -0.05) is 38.7 Å². The minimum atomic E-state index is 0.880. The lowest BCUT2D eigenvalue weighted by molar-refractivity contribution is 0.275. The van der Waals surface area contributed by atoms with Gasteiger partial charge in [0.05, 0.1) is 5.69 Å². The minimum Gasteiger partial charge on any atom is -0.311 e. The molecular formula is C17H25N3. The lowest BCUT2D eigenvalue weighted by atomic mass is 9.81. The van der Waals surface area contributed by atoms with Gasteiger partial charge >= 0.3 is 0 Å². The normalized spacial score (nSPS) is 23.2. The first kappa shape index (κ1) is 13.6. The highest BCUT2D eigenvalue weighted by molar-refractivity contribution is 5.39. The highest BCUT2D eigenvalue weighted by atomic mass is 15.0. The Morgan fingerprint density at radius 1 is 1.25 bits per heavy atom. The first-order valence-electron chi connectivity index (χ1n) is 7.94. The molecule has 1 aliphatic carbocycles. The summed E-state index contributed by atoms with van der Waals surface area (Å²) in [4.78, 5) is 4.61. The third-order valence-electron chi connectivity index (χ3n) is 4.58. The fourth-order valence-corrected chi connectivity index (χ4v) is 3.21. The summed E-state index contributed by atoms with van der Waals surface area (Å²) in [6.07, 6.45) is 11.2. The van der Waals surface area contributed by atoms with Crippen molar-refractivity contribution in [3.63, 3.8) is 0 Å². The molecule has 2 heterocycles. The number of aromatic nitrogens is 2. The molecular weight excluding hydrogens is 246 g/mol. The van der Waals surface area contributed by atoms with Crippen molar-refractivity contribution in [1.82, 2.24) is 14.7 Å². The summed E-state index contributed by atoms with van der Waals surface area (Å²) in [6, 6.07) is 6.12. The number of fused-ring (bicyclic) bond motifs is 1. The van der Waals surface area contributed by atoms with E-state index in [0.717, 1.165) is 36.3 Å². The van der Waals surface area contributed by atoms with Gasteiger partial charge in [0.15, 0.2) is 0 Å². The Hall–Kier alpha value is -1.35. The van der Waals surface area contributed by atoms with Crippen LogP contribution in [0.4, 0.5) is 0 Å². The van der Waals surface area contributed by atoms with Gasteiger partial charge in [-0.25, -0.2) is 4.98 Å². The van der Waals surface area contributed by atoms with Crippen LogP contribution in [0.3, 0.4) is 0 Å². The maximum absolute atomic E-state index is 4.61.